The average Bonchev–Trinajstić information content (AvgIpc) is 2.72. The van der Waals surface area contributed by atoms with E-state index < -0.39 is 5.92 Å². The molecule has 31 heavy (non-hydrogen) atoms. The molecule has 0 saturated heterocycles. The largest absolute Gasteiger partial charge is 0.496 e. The van der Waals surface area contributed by atoms with E-state index in [-0.39, 0.29) is 36.1 Å². The summed E-state index contributed by atoms with van der Waals surface area (Å²) in [6, 6.07) is 7.82. The molecule has 6 nitrogen and oxygen atoms in total. The first-order valence-corrected chi connectivity index (χ1v) is 11.1. The normalized spacial score (nSPS) is 28.2. The smallest absolute Gasteiger partial charge is 0.315 e. The fourth-order valence-electron chi connectivity index (χ4n) is 5.32. The molecule has 1 aliphatic heterocycles. The number of aliphatic imine (C=N–C) groups is 1. The number of nitrogens with zero attached hydrogens (tertiary/aromatic N) is 1. The number of carbonyl (C=O) groups is 2. The van der Waals surface area contributed by atoms with Crippen molar-refractivity contribution in [2.75, 3.05) is 27.4 Å². The molecule has 1 aromatic rings. The minimum atomic E-state index is -0.462. The van der Waals surface area contributed by atoms with Crippen LogP contribution in [0.15, 0.2) is 41.0 Å². The molecule has 2 aliphatic carbocycles. The van der Waals surface area contributed by atoms with Crippen LogP contribution in [0.5, 0.6) is 5.75 Å². The number of carbonyl (C=O) groups excluding carboxylic acids is 2. The summed E-state index contributed by atoms with van der Waals surface area (Å²) in [6.07, 6.45) is 5.76. The topological polar surface area (TPSA) is 74.2 Å². The van der Waals surface area contributed by atoms with Crippen LogP contribution in [0.1, 0.15) is 44.1 Å². The molecule has 4 atom stereocenters. The molecular weight excluding hydrogens is 394 g/mol. The summed E-state index contributed by atoms with van der Waals surface area (Å²) in [6.45, 7) is 2.46. The minimum absolute atomic E-state index is 0.0707. The number of methoxy groups -OCH3 is 2. The van der Waals surface area contributed by atoms with Crippen molar-refractivity contribution in [2.24, 2.45) is 28.7 Å². The minimum Gasteiger partial charge on any atom is -0.496 e. The number of Topliss-reactive ketones (excluding diaryl/α,β-unsaturated/α-hetero) is 1. The summed E-state index contributed by atoms with van der Waals surface area (Å²) in [5, 5.41) is 0. The SMILES string of the molecule is COCCOC(=O)C1C(C)=NC2=CC(c3ccccc3OC)CC(=O)C2C1C1CCC1. The van der Waals surface area contributed by atoms with Gasteiger partial charge in [0.1, 0.15) is 18.1 Å². The van der Waals surface area contributed by atoms with Crippen molar-refractivity contribution in [1.29, 1.82) is 0 Å². The van der Waals surface area contributed by atoms with E-state index in [1.54, 1.807) is 14.2 Å². The number of hydrogen-bond donors (Lipinski definition) is 0. The van der Waals surface area contributed by atoms with E-state index in [9.17, 15) is 9.59 Å². The van der Waals surface area contributed by atoms with Gasteiger partial charge in [-0.25, -0.2) is 0 Å². The van der Waals surface area contributed by atoms with Crippen molar-refractivity contribution in [3.05, 3.63) is 41.6 Å². The molecule has 0 aromatic heterocycles. The molecule has 0 N–H and O–H groups in total. The first kappa shape index (κ1) is 21.8. The van der Waals surface area contributed by atoms with Crippen molar-refractivity contribution in [3.8, 4) is 5.75 Å². The Morgan fingerprint density at radius 2 is 1.94 bits per heavy atom. The standard InChI is InChI=1S/C25H31NO5/c1-15-22(25(28)31-12-11-29-2)23(16-7-6-8-16)24-19(26-15)13-17(14-20(24)27)18-9-4-5-10-21(18)30-3/h4-5,9-10,13,16-17,22-24H,6-8,11-12,14H2,1-3H3. The predicted molar refractivity (Wildman–Crippen MR) is 117 cm³/mol. The highest BCUT2D eigenvalue weighted by atomic mass is 16.6. The van der Waals surface area contributed by atoms with Crippen molar-refractivity contribution >= 4 is 17.5 Å². The Morgan fingerprint density at radius 3 is 2.61 bits per heavy atom. The highest BCUT2D eigenvalue weighted by molar-refractivity contribution is 6.04. The van der Waals surface area contributed by atoms with E-state index in [1.807, 2.05) is 31.2 Å². The molecule has 4 rings (SSSR count). The van der Waals surface area contributed by atoms with Crippen LogP contribution in [0.3, 0.4) is 0 Å². The van der Waals surface area contributed by atoms with Gasteiger partial charge in [0.05, 0.1) is 25.6 Å². The number of benzene rings is 1. The Morgan fingerprint density at radius 1 is 1.16 bits per heavy atom. The zero-order chi connectivity index (χ0) is 22.0. The number of esters is 1. The number of hydrogen-bond acceptors (Lipinski definition) is 6. The Bertz CT molecular complexity index is 901. The number of fused-ring (bicyclic) bond motifs is 1. The van der Waals surface area contributed by atoms with Gasteiger partial charge in [0.15, 0.2) is 0 Å². The predicted octanol–water partition coefficient (Wildman–Crippen LogP) is 3.95. The maximum atomic E-state index is 13.5. The van der Waals surface area contributed by atoms with E-state index in [0.717, 1.165) is 42.0 Å². The molecule has 0 bridgehead atoms. The van der Waals surface area contributed by atoms with Gasteiger partial charge in [-0.1, -0.05) is 43.5 Å². The molecular formula is C25H31NO5. The lowest BCUT2D eigenvalue weighted by Gasteiger charge is -2.45. The number of rotatable bonds is 7. The van der Waals surface area contributed by atoms with Crippen molar-refractivity contribution < 1.29 is 23.8 Å². The van der Waals surface area contributed by atoms with Gasteiger partial charge in [-0.3, -0.25) is 14.6 Å². The van der Waals surface area contributed by atoms with E-state index in [4.69, 9.17) is 19.2 Å². The van der Waals surface area contributed by atoms with Crippen LogP contribution in [0.25, 0.3) is 0 Å². The van der Waals surface area contributed by atoms with Gasteiger partial charge in [-0.05, 0) is 24.8 Å². The van der Waals surface area contributed by atoms with E-state index in [1.165, 1.54) is 0 Å². The Hall–Kier alpha value is -2.47. The summed E-state index contributed by atoms with van der Waals surface area (Å²) in [7, 11) is 3.23. The summed E-state index contributed by atoms with van der Waals surface area (Å²) in [5.41, 5.74) is 2.55. The van der Waals surface area contributed by atoms with Crippen LogP contribution in [0.4, 0.5) is 0 Å². The molecule has 0 radical (unpaired) electrons. The summed E-state index contributed by atoms with van der Waals surface area (Å²) >= 11 is 0. The quantitative estimate of drug-likeness (QED) is 0.489. The Kier molecular flexibility index (Phi) is 6.56. The molecule has 0 amide bonds. The number of para-hydroxylation sites is 1. The van der Waals surface area contributed by atoms with Gasteiger partial charge >= 0.3 is 5.97 Å². The van der Waals surface area contributed by atoms with E-state index in [0.29, 0.717) is 18.9 Å². The maximum Gasteiger partial charge on any atom is 0.315 e. The number of ether oxygens (including phenoxy) is 3. The third kappa shape index (κ3) is 4.18. The Labute approximate surface area is 183 Å². The van der Waals surface area contributed by atoms with Gasteiger partial charge in [0.2, 0.25) is 0 Å². The zero-order valence-corrected chi connectivity index (χ0v) is 18.5. The molecule has 1 fully saturated rings. The number of ketones is 1. The monoisotopic (exact) mass is 425 g/mol. The van der Waals surface area contributed by atoms with Gasteiger partial charge in [-0.2, -0.15) is 0 Å². The molecule has 166 valence electrons. The average molecular weight is 426 g/mol. The zero-order valence-electron chi connectivity index (χ0n) is 18.5. The summed E-state index contributed by atoms with van der Waals surface area (Å²) in [4.78, 5) is 31.3. The molecule has 0 spiro atoms. The lowest BCUT2D eigenvalue weighted by atomic mass is 9.59. The van der Waals surface area contributed by atoms with Gasteiger partial charge in [-0.15, -0.1) is 0 Å². The van der Waals surface area contributed by atoms with Crippen LogP contribution in [0, 0.1) is 23.7 Å². The molecule has 6 heteroatoms. The lowest BCUT2D eigenvalue weighted by Crippen LogP contribution is -2.48. The maximum absolute atomic E-state index is 13.5. The lowest BCUT2D eigenvalue weighted by molar-refractivity contribution is -0.151. The number of allylic oxidation sites excluding steroid dienone is 2. The Balaban J connectivity index is 1.69. The first-order chi connectivity index (χ1) is 15.0. The van der Waals surface area contributed by atoms with Crippen LogP contribution >= 0.6 is 0 Å². The molecule has 1 saturated carbocycles. The second kappa shape index (κ2) is 9.35. The first-order valence-electron chi connectivity index (χ1n) is 11.1. The van der Waals surface area contributed by atoms with Crippen LogP contribution in [-0.4, -0.2) is 44.9 Å². The fraction of sp³-hybridized carbons (Fsp3) is 0.560. The van der Waals surface area contributed by atoms with Gasteiger partial charge < -0.3 is 14.2 Å². The third-order valence-corrected chi connectivity index (χ3v) is 7.00. The van der Waals surface area contributed by atoms with Crippen molar-refractivity contribution in [2.45, 2.75) is 38.5 Å². The highest BCUT2D eigenvalue weighted by Crippen LogP contribution is 2.50. The van der Waals surface area contributed by atoms with Crippen molar-refractivity contribution in [3.63, 3.8) is 0 Å². The second-order valence-corrected chi connectivity index (χ2v) is 8.75. The summed E-state index contributed by atoms with van der Waals surface area (Å²) in [5.74, 6) is 0.0753. The van der Waals surface area contributed by atoms with Gasteiger partial charge in [0.25, 0.3) is 0 Å². The van der Waals surface area contributed by atoms with E-state index in [2.05, 4.69) is 6.08 Å². The molecule has 4 unspecified atom stereocenters. The van der Waals surface area contributed by atoms with Crippen LogP contribution in [-0.2, 0) is 19.1 Å². The fourth-order valence-corrected chi connectivity index (χ4v) is 5.32. The van der Waals surface area contributed by atoms with Crippen molar-refractivity contribution in [1.82, 2.24) is 0 Å². The highest BCUT2D eigenvalue weighted by Gasteiger charge is 2.51. The molecule has 1 heterocycles. The molecule has 3 aliphatic rings. The van der Waals surface area contributed by atoms with Gasteiger partial charge in [0, 0.05) is 36.4 Å². The van der Waals surface area contributed by atoms with E-state index >= 15 is 0 Å². The third-order valence-electron chi connectivity index (χ3n) is 7.00. The van der Waals surface area contributed by atoms with Crippen LogP contribution in [0.2, 0.25) is 0 Å². The molecule has 1 aromatic carbocycles. The summed E-state index contributed by atoms with van der Waals surface area (Å²) < 4.78 is 16.0. The second-order valence-electron chi connectivity index (χ2n) is 8.75. The van der Waals surface area contributed by atoms with Crippen LogP contribution < -0.4 is 4.74 Å².